The largest absolute Gasteiger partial charge is 0.342 e. The van der Waals surface area contributed by atoms with Crippen LogP contribution in [0.25, 0.3) is 0 Å². The first-order chi connectivity index (χ1) is 9.70. The molecule has 2 saturated heterocycles. The molecule has 5 nitrogen and oxygen atoms in total. The van der Waals surface area contributed by atoms with Gasteiger partial charge in [0.25, 0.3) is 0 Å². The van der Waals surface area contributed by atoms with Gasteiger partial charge in [-0.15, -0.1) is 0 Å². The topological polar surface area (TPSA) is 38.8 Å². The van der Waals surface area contributed by atoms with Crippen LogP contribution >= 0.6 is 0 Å². The highest BCUT2D eigenvalue weighted by molar-refractivity contribution is 5.78. The average Bonchev–Trinajstić information content (AvgIpc) is 2.75. The molecule has 2 heterocycles. The Hall–Kier alpha value is -0.650. The summed E-state index contributed by atoms with van der Waals surface area (Å²) >= 11 is 0. The molecular formula is C15H30N4O. The van der Waals surface area contributed by atoms with E-state index in [0.29, 0.717) is 18.5 Å². The molecule has 1 amide bonds. The van der Waals surface area contributed by atoms with Crippen LogP contribution in [0.3, 0.4) is 0 Å². The van der Waals surface area contributed by atoms with Crippen LogP contribution in [-0.4, -0.2) is 86.1 Å². The van der Waals surface area contributed by atoms with Crippen LogP contribution in [0, 0.1) is 0 Å². The summed E-state index contributed by atoms with van der Waals surface area (Å²) in [5, 5.41) is 3.38. The van der Waals surface area contributed by atoms with Gasteiger partial charge in [0.1, 0.15) is 0 Å². The van der Waals surface area contributed by atoms with Crippen molar-refractivity contribution in [2.45, 2.75) is 32.2 Å². The Kier molecular flexibility index (Phi) is 6.26. The Labute approximate surface area is 123 Å². The fraction of sp³-hybridized carbons (Fsp3) is 0.933. The lowest BCUT2D eigenvalue weighted by molar-refractivity contribution is -0.134. The second kappa shape index (κ2) is 7.96. The van der Waals surface area contributed by atoms with Gasteiger partial charge in [0.15, 0.2) is 0 Å². The Bertz CT molecular complexity index is 294. The number of hydrogen-bond acceptors (Lipinski definition) is 4. The minimum Gasteiger partial charge on any atom is -0.342 e. The van der Waals surface area contributed by atoms with Crippen molar-refractivity contribution in [3.05, 3.63) is 0 Å². The number of nitrogens with zero attached hydrogens (tertiary/aromatic N) is 3. The molecule has 0 aromatic carbocycles. The van der Waals surface area contributed by atoms with E-state index in [1.54, 1.807) is 0 Å². The van der Waals surface area contributed by atoms with Crippen LogP contribution in [-0.2, 0) is 4.79 Å². The third kappa shape index (κ3) is 4.43. The molecule has 20 heavy (non-hydrogen) atoms. The van der Waals surface area contributed by atoms with Gasteiger partial charge in [-0.2, -0.15) is 0 Å². The second-order valence-electron chi connectivity index (χ2n) is 6.05. The smallest absolute Gasteiger partial charge is 0.236 e. The Morgan fingerprint density at radius 1 is 1.15 bits per heavy atom. The molecule has 0 radical (unpaired) electrons. The third-order valence-electron chi connectivity index (χ3n) is 4.74. The minimum atomic E-state index is 0.293. The summed E-state index contributed by atoms with van der Waals surface area (Å²) in [4.78, 5) is 19.2. The Morgan fingerprint density at radius 3 is 2.60 bits per heavy atom. The van der Waals surface area contributed by atoms with E-state index in [-0.39, 0.29) is 0 Å². The fourth-order valence-corrected chi connectivity index (χ4v) is 3.19. The molecule has 0 unspecified atom stereocenters. The van der Waals surface area contributed by atoms with Crippen molar-refractivity contribution in [1.82, 2.24) is 20.0 Å². The molecule has 2 rings (SSSR count). The van der Waals surface area contributed by atoms with Gasteiger partial charge in [0.2, 0.25) is 5.91 Å². The van der Waals surface area contributed by atoms with Crippen LogP contribution < -0.4 is 5.32 Å². The normalized spacial score (nSPS) is 23.5. The van der Waals surface area contributed by atoms with Gasteiger partial charge < -0.3 is 15.1 Å². The van der Waals surface area contributed by atoms with Gasteiger partial charge in [0, 0.05) is 39.3 Å². The Balaban J connectivity index is 1.76. The van der Waals surface area contributed by atoms with Crippen molar-refractivity contribution in [2.24, 2.45) is 0 Å². The zero-order valence-corrected chi connectivity index (χ0v) is 13.1. The first kappa shape index (κ1) is 15.7. The number of likely N-dealkylation sites (N-methyl/N-ethyl adjacent to an activating group) is 1. The van der Waals surface area contributed by atoms with Crippen LogP contribution in [0.4, 0.5) is 0 Å². The molecule has 116 valence electrons. The molecule has 2 fully saturated rings. The molecule has 0 bridgehead atoms. The van der Waals surface area contributed by atoms with Crippen molar-refractivity contribution in [1.29, 1.82) is 0 Å². The van der Waals surface area contributed by atoms with E-state index in [2.05, 4.69) is 22.0 Å². The molecule has 1 N–H and O–H groups in total. The van der Waals surface area contributed by atoms with Crippen LogP contribution in [0.15, 0.2) is 0 Å². The van der Waals surface area contributed by atoms with Crippen molar-refractivity contribution in [2.75, 3.05) is 59.4 Å². The highest BCUT2D eigenvalue weighted by Gasteiger charge is 2.25. The highest BCUT2D eigenvalue weighted by Crippen LogP contribution is 2.15. The first-order valence-electron chi connectivity index (χ1n) is 8.11. The van der Waals surface area contributed by atoms with Crippen LogP contribution in [0.1, 0.15) is 26.2 Å². The number of amides is 1. The average molecular weight is 282 g/mol. The standard InChI is InChI=1S/C15H30N4O/c1-3-18-10-5-14(6-11-18)17(2)15(20)13-19-9-4-7-16-8-12-19/h14,16H,3-13H2,1-2H3. The molecule has 2 aliphatic rings. The number of likely N-dealkylation sites (tertiary alicyclic amines) is 1. The maximum Gasteiger partial charge on any atom is 0.236 e. The van der Waals surface area contributed by atoms with Crippen molar-refractivity contribution in [3.8, 4) is 0 Å². The monoisotopic (exact) mass is 282 g/mol. The maximum absolute atomic E-state index is 12.4. The second-order valence-corrected chi connectivity index (χ2v) is 6.05. The molecule has 5 heteroatoms. The molecule has 0 aromatic heterocycles. The lowest BCUT2D eigenvalue weighted by Crippen LogP contribution is -2.48. The summed E-state index contributed by atoms with van der Waals surface area (Å²) in [5.41, 5.74) is 0. The van der Waals surface area contributed by atoms with E-state index in [1.807, 2.05) is 11.9 Å². The quantitative estimate of drug-likeness (QED) is 0.801. The molecule has 0 spiro atoms. The minimum absolute atomic E-state index is 0.293. The van der Waals surface area contributed by atoms with Crippen molar-refractivity contribution in [3.63, 3.8) is 0 Å². The number of carbonyl (C=O) groups is 1. The fourth-order valence-electron chi connectivity index (χ4n) is 3.19. The third-order valence-corrected chi connectivity index (χ3v) is 4.74. The summed E-state index contributed by atoms with van der Waals surface area (Å²) < 4.78 is 0. The van der Waals surface area contributed by atoms with Crippen LogP contribution in [0.5, 0.6) is 0 Å². The predicted octanol–water partition coefficient (Wildman–Crippen LogP) is 0.224. The number of hydrogen-bond donors (Lipinski definition) is 1. The Morgan fingerprint density at radius 2 is 1.90 bits per heavy atom. The van der Waals surface area contributed by atoms with Gasteiger partial charge in [0.05, 0.1) is 6.54 Å². The molecular weight excluding hydrogens is 252 g/mol. The van der Waals surface area contributed by atoms with E-state index in [4.69, 9.17) is 0 Å². The predicted molar refractivity (Wildman–Crippen MR) is 81.8 cm³/mol. The number of rotatable bonds is 4. The van der Waals surface area contributed by atoms with Gasteiger partial charge in [-0.3, -0.25) is 9.69 Å². The van der Waals surface area contributed by atoms with Gasteiger partial charge >= 0.3 is 0 Å². The SMILES string of the molecule is CCN1CCC(N(C)C(=O)CN2CCCNCC2)CC1. The van der Waals surface area contributed by atoms with Gasteiger partial charge in [-0.05, 0) is 38.9 Å². The molecule has 0 aliphatic carbocycles. The maximum atomic E-state index is 12.4. The van der Waals surface area contributed by atoms with E-state index in [0.717, 1.165) is 65.1 Å². The molecule has 0 aromatic rings. The summed E-state index contributed by atoms with van der Waals surface area (Å²) in [7, 11) is 1.99. The molecule has 0 saturated carbocycles. The summed E-state index contributed by atoms with van der Waals surface area (Å²) in [6.45, 7) is 10.3. The summed E-state index contributed by atoms with van der Waals surface area (Å²) in [5.74, 6) is 0.293. The first-order valence-corrected chi connectivity index (χ1v) is 8.11. The summed E-state index contributed by atoms with van der Waals surface area (Å²) in [6.07, 6.45) is 3.39. The van der Waals surface area contributed by atoms with Gasteiger partial charge in [-0.25, -0.2) is 0 Å². The molecule has 0 atom stereocenters. The zero-order chi connectivity index (χ0) is 14.4. The van der Waals surface area contributed by atoms with E-state index >= 15 is 0 Å². The summed E-state index contributed by atoms with van der Waals surface area (Å²) in [6, 6.07) is 0.440. The number of piperidine rings is 1. The highest BCUT2D eigenvalue weighted by atomic mass is 16.2. The van der Waals surface area contributed by atoms with Gasteiger partial charge in [-0.1, -0.05) is 6.92 Å². The lowest BCUT2D eigenvalue weighted by atomic mass is 10.0. The number of nitrogens with one attached hydrogen (secondary N) is 1. The van der Waals surface area contributed by atoms with Crippen molar-refractivity contribution < 1.29 is 4.79 Å². The van der Waals surface area contributed by atoms with Crippen LogP contribution in [0.2, 0.25) is 0 Å². The van der Waals surface area contributed by atoms with E-state index in [1.165, 1.54) is 0 Å². The van der Waals surface area contributed by atoms with Crippen molar-refractivity contribution >= 4 is 5.91 Å². The van der Waals surface area contributed by atoms with E-state index < -0.39 is 0 Å². The van der Waals surface area contributed by atoms with E-state index in [9.17, 15) is 4.79 Å². The lowest BCUT2D eigenvalue weighted by Gasteiger charge is -2.37. The zero-order valence-electron chi connectivity index (χ0n) is 13.1. The number of carbonyl (C=O) groups excluding carboxylic acids is 1. The molecule has 2 aliphatic heterocycles.